The van der Waals surface area contributed by atoms with Crippen LogP contribution in [0.4, 0.5) is 5.82 Å². The number of rotatable bonds is 7. The molecule has 112 valence electrons. The summed E-state index contributed by atoms with van der Waals surface area (Å²) in [6.45, 7) is 7.02. The second-order valence-corrected chi connectivity index (χ2v) is 6.33. The van der Waals surface area contributed by atoms with Gasteiger partial charge in [0.1, 0.15) is 11.4 Å². The Morgan fingerprint density at radius 3 is 2.35 bits per heavy atom. The molecular weight excluding hydrogens is 365 g/mol. The molecule has 1 heterocycles. The van der Waals surface area contributed by atoms with Crippen LogP contribution < -0.4 is 5.32 Å². The van der Waals surface area contributed by atoms with Gasteiger partial charge in [-0.05, 0) is 55.2 Å². The van der Waals surface area contributed by atoms with Crippen LogP contribution in [0.5, 0.6) is 0 Å². The maximum Gasteiger partial charge on any atom is 0.162 e. The first-order valence-corrected chi connectivity index (χ1v) is 8.59. The van der Waals surface area contributed by atoms with Gasteiger partial charge < -0.3 is 10.1 Å². The first-order valence-electron chi connectivity index (χ1n) is 7.51. The quantitative estimate of drug-likeness (QED) is 0.715. The monoisotopic (exact) mass is 389 g/mol. The Balaban J connectivity index is 2.51. The molecule has 0 bridgehead atoms. The average Bonchev–Trinajstić information content (AvgIpc) is 3.30. The second kappa shape index (κ2) is 6.56. The predicted octanol–water partition coefficient (Wildman–Crippen LogP) is 4.05. The molecule has 1 N–H and O–H groups in total. The highest BCUT2D eigenvalue weighted by Gasteiger charge is 2.36. The summed E-state index contributed by atoms with van der Waals surface area (Å²) < 4.78 is 7.21. The van der Waals surface area contributed by atoms with Gasteiger partial charge in [0.05, 0.1) is 9.26 Å². The highest BCUT2D eigenvalue weighted by molar-refractivity contribution is 14.1. The van der Waals surface area contributed by atoms with Crippen molar-refractivity contribution in [3.8, 4) is 0 Å². The topological polar surface area (TPSA) is 47.0 Å². The first kappa shape index (κ1) is 15.9. The summed E-state index contributed by atoms with van der Waals surface area (Å²) >= 11 is 2.36. The number of anilines is 1. The zero-order valence-electron chi connectivity index (χ0n) is 12.8. The zero-order valence-corrected chi connectivity index (χ0v) is 15.0. The van der Waals surface area contributed by atoms with Crippen molar-refractivity contribution in [2.75, 3.05) is 19.0 Å². The predicted molar refractivity (Wildman–Crippen MR) is 90.2 cm³/mol. The molecule has 0 spiro atoms. The van der Waals surface area contributed by atoms with E-state index in [2.05, 4.69) is 41.8 Å². The summed E-state index contributed by atoms with van der Waals surface area (Å²) in [5, 5.41) is 3.21. The van der Waals surface area contributed by atoms with Crippen LogP contribution in [0, 0.1) is 3.57 Å². The SMILES string of the molecule is CCOC(CC)(CC)c1nc(NC)c(I)c(C2CC2)n1. The number of hydrogen-bond acceptors (Lipinski definition) is 4. The minimum Gasteiger partial charge on any atom is -0.372 e. The Kier molecular flexibility index (Phi) is 5.23. The largest absolute Gasteiger partial charge is 0.372 e. The van der Waals surface area contributed by atoms with Crippen molar-refractivity contribution in [2.24, 2.45) is 0 Å². The van der Waals surface area contributed by atoms with Crippen LogP contribution in [0.2, 0.25) is 0 Å². The van der Waals surface area contributed by atoms with Crippen LogP contribution in [0.15, 0.2) is 0 Å². The third kappa shape index (κ3) is 2.93. The highest BCUT2D eigenvalue weighted by Crippen LogP contribution is 2.43. The Morgan fingerprint density at radius 2 is 1.90 bits per heavy atom. The molecule has 1 fully saturated rings. The normalized spacial score (nSPS) is 15.4. The van der Waals surface area contributed by atoms with Gasteiger partial charge in [0.15, 0.2) is 5.82 Å². The van der Waals surface area contributed by atoms with Crippen molar-refractivity contribution in [3.63, 3.8) is 0 Å². The minimum atomic E-state index is -0.353. The van der Waals surface area contributed by atoms with Gasteiger partial charge in [-0.15, -0.1) is 0 Å². The van der Waals surface area contributed by atoms with Crippen LogP contribution >= 0.6 is 22.6 Å². The van der Waals surface area contributed by atoms with E-state index in [-0.39, 0.29) is 5.60 Å². The number of aromatic nitrogens is 2. The third-order valence-corrected chi connectivity index (χ3v) is 5.11. The van der Waals surface area contributed by atoms with Gasteiger partial charge in [0.25, 0.3) is 0 Å². The van der Waals surface area contributed by atoms with Crippen molar-refractivity contribution in [1.82, 2.24) is 9.97 Å². The summed E-state index contributed by atoms with van der Waals surface area (Å²) in [6, 6.07) is 0. The summed E-state index contributed by atoms with van der Waals surface area (Å²) in [4.78, 5) is 9.63. The molecule has 0 aromatic carbocycles. The molecule has 0 amide bonds. The van der Waals surface area contributed by atoms with Crippen molar-refractivity contribution in [3.05, 3.63) is 15.1 Å². The molecular formula is C15H24IN3O. The Bertz CT molecular complexity index is 470. The fraction of sp³-hybridized carbons (Fsp3) is 0.733. The maximum absolute atomic E-state index is 6.05. The molecule has 1 aromatic heterocycles. The minimum absolute atomic E-state index is 0.353. The number of halogens is 1. The molecule has 0 radical (unpaired) electrons. The maximum atomic E-state index is 6.05. The Labute approximate surface area is 135 Å². The van der Waals surface area contributed by atoms with E-state index in [0.717, 1.165) is 28.1 Å². The van der Waals surface area contributed by atoms with Crippen LogP contribution in [-0.4, -0.2) is 23.6 Å². The lowest BCUT2D eigenvalue weighted by atomic mass is 9.95. The average molecular weight is 389 g/mol. The number of nitrogens with one attached hydrogen (secondary N) is 1. The molecule has 0 atom stereocenters. The molecule has 1 aliphatic carbocycles. The van der Waals surface area contributed by atoms with E-state index < -0.39 is 0 Å². The van der Waals surface area contributed by atoms with E-state index in [1.807, 2.05) is 14.0 Å². The fourth-order valence-electron chi connectivity index (χ4n) is 2.57. The van der Waals surface area contributed by atoms with E-state index in [9.17, 15) is 0 Å². The van der Waals surface area contributed by atoms with E-state index in [1.54, 1.807) is 0 Å². The van der Waals surface area contributed by atoms with E-state index in [4.69, 9.17) is 14.7 Å². The molecule has 5 heteroatoms. The fourth-order valence-corrected chi connectivity index (χ4v) is 3.52. The van der Waals surface area contributed by atoms with Gasteiger partial charge >= 0.3 is 0 Å². The molecule has 1 aromatic rings. The highest BCUT2D eigenvalue weighted by atomic mass is 127. The molecule has 1 saturated carbocycles. The van der Waals surface area contributed by atoms with Crippen LogP contribution in [0.1, 0.15) is 63.9 Å². The van der Waals surface area contributed by atoms with Crippen LogP contribution in [-0.2, 0) is 10.3 Å². The molecule has 0 saturated heterocycles. The van der Waals surface area contributed by atoms with E-state index in [1.165, 1.54) is 18.5 Å². The lowest BCUT2D eigenvalue weighted by Crippen LogP contribution is -2.32. The summed E-state index contributed by atoms with van der Waals surface area (Å²) in [5.74, 6) is 2.39. The van der Waals surface area contributed by atoms with Gasteiger partial charge in [-0.2, -0.15) is 0 Å². The Hall–Kier alpha value is -0.430. The number of ether oxygens (including phenoxy) is 1. The summed E-state index contributed by atoms with van der Waals surface area (Å²) in [7, 11) is 1.92. The summed E-state index contributed by atoms with van der Waals surface area (Å²) in [6.07, 6.45) is 4.28. The van der Waals surface area contributed by atoms with E-state index in [0.29, 0.717) is 12.5 Å². The Morgan fingerprint density at radius 1 is 1.25 bits per heavy atom. The smallest absolute Gasteiger partial charge is 0.162 e. The molecule has 1 aliphatic rings. The molecule has 4 nitrogen and oxygen atoms in total. The number of hydrogen-bond donors (Lipinski definition) is 1. The molecule has 0 unspecified atom stereocenters. The van der Waals surface area contributed by atoms with Crippen LogP contribution in [0.3, 0.4) is 0 Å². The van der Waals surface area contributed by atoms with Gasteiger partial charge in [-0.1, -0.05) is 13.8 Å². The lowest BCUT2D eigenvalue weighted by molar-refractivity contribution is -0.0572. The van der Waals surface area contributed by atoms with Crippen molar-refractivity contribution in [2.45, 2.75) is 58.0 Å². The standard InChI is InChI=1S/C15H24IN3O/c1-5-15(6-2,20-7-3)14-18-12(10-8-9-10)11(16)13(17-4)19-14/h10H,5-9H2,1-4H3,(H,17,18,19). The van der Waals surface area contributed by atoms with E-state index >= 15 is 0 Å². The van der Waals surface area contributed by atoms with Crippen molar-refractivity contribution < 1.29 is 4.74 Å². The van der Waals surface area contributed by atoms with Gasteiger partial charge in [-0.3, -0.25) is 0 Å². The third-order valence-electron chi connectivity index (χ3n) is 4.05. The lowest BCUT2D eigenvalue weighted by Gasteiger charge is -2.30. The molecule has 20 heavy (non-hydrogen) atoms. The van der Waals surface area contributed by atoms with Crippen molar-refractivity contribution in [1.29, 1.82) is 0 Å². The van der Waals surface area contributed by atoms with Gasteiger partial charge in [-0.25, -0.2) is 9.97 Å². The second-order valence-electron chi connectivity index (χ2n) is 5.25. The van der Waals surface area contributed by atoms with Crippen LogP contribution in [0.25, 0.3) is 0 Å². The first-order chi connectivity index (χ1) is 9.61. The molecule has 0 aliphatic heterocycles. The molecule has 2 rings (SSSR count). The number of nitrogens with zero attached hydrogens (tertiary/aromatic N) is 2. The van der Waals surface area contributed by atoms with Gasteiger partial charge in [0.2, 0.25) is 0 Å². The summed E-state index contributed by atoms with van der Waals surface area (Å²) in [5.41, 5.74) is 0.847. The zero-order chi connectivity index (χ0) is 14.8. The van der Waals surface area contributed by atoms with Gasteiger partial charge in [0, 0.05) is 19.6 Å². The van der Waals surface area contributed by atoms with Crippen molar-refractivity contribution >= 4 is 28.4 Å².